The molecule has 174 valence electrons. The van der Waals surface area contributed by atoms with Gasteiger partial charge in [0.1, 0.15) is 11.6 Å². The van der Waals surface area contributed by atoms with Crippen molar-refractivity contribution < 1.29 is 9.53 Å². The van der Waals surface area contributed by atoms with Crippen molar-refractivity contribution in [3.05, 3.63) is 103 Å². The Morgan fingerprint density at radius 1 is 1.03 bits per heavy atom. The molecule has 2 aromatic heterocycles. The van der Waals surface area contributed by atoms with Crippen molar-refractivity contribution in [1.29, 1.82) is 0 Å². The zero-order chi connectivity index (χ0) is 23.6. The molecule has 34 heavy (non-hydrogen) atoms. The number of hydrogen-bond donors (Lipinski definition) is 1. The summed E-state index contributed by atoms with van der Waals surface area (Å²) in [6.45, 7) is 5.86. The first-order valence-electron chi connectivity index (χ1n) is 11.7. The third-order valence-corrected chi connectivity index (χ3v) is 5.68. The second-order valence-electron chi connectivity index (χ2n) is 8.07. The van der Waals surface area contributed by atoms with Crippen LogP contribution < -0.4 is 10.1 Å². The van der Waals surface area contributed by atoms with E-state index in [0.717, 1.165) is 54.0 Å². The summed E-state index contributed by atoms with van der Waals surface area (Å²) in [7, 11) is 0. The molecule has 0 saturated heterocycles. The Labute approximate surface area is 200 Å². The summed E-state index contributed by atoms with van der Waals surface area (Å²) in [5, 5.41) is 2.98. The van der Waals surface area contributed by atoms with Gasteiger partial charge in [0.15, 0.2) is 0 Å². The summed E-state index contributed by atoms with van der Waals surface area (Å²) < 4.78 is 8.30. The van der Waals surface area contributed by atoms with Crippen LogP contribution >= 0.6 is 0 Å². The van der Waals surface area contributed by atoms with E-state index in [-0.39, 0.29) is 5.91 Å². The van der Waals surface area contributed by atoms with Gasteiger partial charge in [-0.2, -0.15) is 0 Å². The van der Waals surface area contributed by atoms with Gasteiger partial charge in [-0.1, -0.05) is 36.4 Å². The molecule has 0 aliphatic carbocycles. The average Bonchev–Trinajstić information content (AvgIpc) is 3.22. The number of amides is 1. The van der Waals surface area contributed by atoms with Crippen LogP contribution in [0, 0.1) is 0 Å². The smallest absolute Gasteiger partial charge is 0.251 e. The van der Waals surface area contributed by atoms with Crippen molar-refractivity contribution >= 4 is 16.9 Å². The Morgan fingerprint density at radius 3 is 2.68 bits per heavy atom. The molecule has 0 aliphatic heterocycles. The number of ether oxygens (including phenoxy) is 1. The molecule has 2 aromatic carbocycles. The van der Waals surface area contributed by atoms with Gasteiger partial charge in [-0.3, -0.25) is 9.78 Å². The fourth-order valence-electron chi connectivity index (χ4n) is 3.98. The number of rotatable bonds is 12. The van der Waals surface area contributed by atoms with Gasteiger partial charge in [0.25, 0.3) is 5.91 Å². The summed E-state index contributed by atoms with van der Waals surface area (Å²) in [5.41, 5.74) is 3.87. The highest BCUT2D eigenvalue weighted by atomic mass is 16.5. The van der Waals surface area contributed by atoms with E-state index >= 15 is 0 Å². The number of imidazole rings is 1. The lowest BCUT2D eigenvalue weighted by Gasteiger charge is -2.12. The molecule has 6 nitrogen and oxygen atoms in total. The largest absolute Gasteiger partial charge is 0.493 e. The average molecular weight is 455 g/mol. The number of carbonyl (C=O) groups is 1. The molecule has 0 bridgehead atoms. The van der Waals surface area contributed by atoms with E-state index in [4.69, 9.17) is 9.72 Å². The van der Waals surface area contributed by atoms with Gasteiger partial charge >= 0.3 is 0 Å². The first-order valence-corrected chi connectivity index (χ1v) is 11.7. The van der Waals surface area contributed by atoms with Crippen LogP contribution in [0.1, 0.15) is 34.6 Å². The van der Waals surface area contributed by atoms with Crippen molar-refractivity contribution in [3.8, 4) is 5.75 Å². The lowest BCUT2D eigenvalue weighted by Crippen LogP contribution is -2.26. The minimum Gasteiger partial charge on any atom is -0.493 e. The Kier molecular flexibility index (Phi) is 8.06. The van der Waals surface area contributed by atoms with Crippen LogP contribution in [0.25, 0.3) is 11.0 Å². The van der Waals surface area contributed by atoms with Crippen LogP contribution in [-0.4, -0.2) is 33.6 Å². The predicted molar refractivity (Wildman–Crippen MR) is 135 cm³/mol. The predicted octanol–water partition coefficient (Wildman–Crippen LogP) is 4.99. The van der Waals surface area contributed by atoms with Crippen molar-refractivity contribution in [2.75, 3.05) is 13.2 Å². The summed E-state index contributed by atoms with van der Waals surface area (Å²) in [4.78, 5) is 21.1. The molecule has 0 radical (unpaired) electrons. The number of aromatic nitrogens is 3. The fraction of sp³-hybridized carbons (Fsp3) is 0.250. The molecular formula is C28H30N4O2. The normalized spacial score (nSPS) is 10.8. The van der Waals surface area contributed by atoms with Crippen molar-refractivity contribution in [3.63, 3.8) is 0 Å². The monoisotopic (exact) mass is 454 g/mol. The number of carbonyl (C=O) groups excluding carboxylic acids is 1. The maximum absolute atomic E-state index is 12.3. The van der Waals surface area contributed by atoms with Crippen LogP contribution in [-0.2, 0) is 19.4 Å². The molecule has 0 aliphatic rings. The fourth-order valence-corrected chi connectivity index (χ4v) is 3.98. The van der Waals surface area contributed by atoms with Gasteiger partial charge in [0, 0.05) is 37.5 Å². The summed E-state index contributed by atoms with van der Waals surface area (Å²) in [5.74, 6) is 1.81. The molecule has 1 amide bonds. The van der Waals surface area contributed by atoms with Crippen LogP contribution in [0.2, 0.25) is 0 Å². The number of pyridine rings is 1. The molecule has 4 rings (SSSR count). The van der Waals surface area contributed by atoms with Gasteiger partial charge in [-0.25, -0.2) is 4.98 Å². The van der Waals surface area contributed by atoms with Gasteiger partial charge in [0.2, 0.25) is 0 Å². The first kappa shape index (κ1) is 23.2. The quantitative estimate of drug-likeness (QED) is 0.242. The Bertz CT molecular complexity index is 1230. The van der Waals surface area contributed by atoms with E-state index in [1.807, 2.05) is 42.5 Å². The maximum Gasteiger partial charge on any atom is 0.251 e. The van der Waals surface area contributed by atoms with E-state index in [1.54, 1.807) is 24.5 Å². The van der Waals surface area contributed by atoms with E-state index in [2.05, 4.69) is 33.6 Å². The number of unbranched alkanes of at least 4 members (excludes halogenated alkanes) is 1. The number of fused-ring (bicyclic) bond motifs is 1. The second kappa shape index (κ2) is 11.8. The van der Waals surface area contributed by atoms with Gasteiger partial charge in [-0.05, 0) is 55.2 Å². The van der Waals surface area contributed by atoms with Crippen molar-refractivity contribution in [1.82, 2.24) is 19.9 Å². The molecule has 0 spiro atoms. The molecular weight excluding hydrogens is 424 g/mol. The highest BCUT2D eigenvalue weighted by Gasteiger charge is 2.11. The molecule has 6 heteroatoms. The second-order valence-corrected chi connectivity index (χ2v) is 8.07. The molecule has 0 atom stereocenters. The van der Waals surface area contributed by atoms with Crippen LogP contribution in [0.3, 0.4) is 0 Å². The number of allylic oxidation sites excluding steroid dienone is 1. The summed E-state index contributed by atoms with van der Waals surface area (Å²) in [6.07, 6.45) is 8.52. The maximum atomic E-state index is 12.3. The van der Waals surface area contributed by atoms with Gasteiger partial charge < -0.3 is 14.6 Å². The van der Waals surface area contributed by atoms with Crippen molar-refractivity contribution in [2.24, 2.45) is 0 Å². The highest BCUT2D eigenvalue weighted by molar-refractivity contribution is 5.93. The first-order chi connectivity index (χ1) is 16.8. The molecule has 4 aromatic rings. The Balaban J connectivity index is 1.33. The van der Waals surface area contributed by atoms with E-state index in [9.17, 15) is 4.79 Å². The zero-order valence-corrected chi connectivity index (χ0v) is 19.3. The number of nitrogens with zero attached hydrogens (tertiary/aromatic N) is 3. The van der Waals surface area contributed by atoms with E-state index < -0.39 is 0 Å². The minimum atomic E-state index is -0.0982. The van der Waals surface area contributed by atoms with Gasteiger partial charge in [0.05, 0.1) is 17.6 Å². The zero-order valence-electron chi connectivity index (χ0n) is 19.3. The Hall–Kier alpha value is -3.93. The van der Waals surface area contributed by atoms with E-state index in [0.29, 0.717) is 25.1 Å². The number of nitrogens with one attached hydrogen (secondary N) is 1. The SMILES string of the molecule is C=CCc1ccccc1OCCCCn1c(CCNC(=O)c2ccncc2)nc2ccccc21. The van der Waals surface area contributed by atoms with Crippen LogP contribution in [0.4, 0.5) is 0 Å². The number of aryl methyl sites for hydroxylation is 1. The van der Waals surface area contributed by atoms with Crippen molar-refractivity contribution in [2.45, 2.75) is 32.2 Å². The molecule has 0 fully saturated rings. The number of benzene rings is 2. The summed E-state index contributed by atoms with van der Waals surface area (Å²) in [6, 6.07) is 19.7. The molecule has 0 unspecified atom stereocenters. The Morgan fingerprint density at radius 2 is 1.82 bits per heavy atom. The summed E-state index contributed by atoms with van der Waals surface area (Å²) >= 11 is 0. The molecule has 2 heterocycles. The third-order valence-electron chi connectivity index (χ3n) is 5.68. The number of para-hydroxylation sites is 3. The van der Waals surface area contributed by atoms with Crippen LogP contribution in [0.5, 0.6) is 5.75 Å². The minimum absolute atomic E-state index is 0.0982. The molecule has 1 N–H and O–H groups in total. The topological polar surface area (TPSA) is 69.0 Å². The van der Waals surface area contributed by atoms with Gasteiger partial charge in [-0.15, -0.1) is 6.58 Å². The third kappa shape index (κ3) is 5.90. The standard InChI is InChI=1S/C28H30N4O2/c1-2-9-22-10-3-6-13-26(22)34-21-8-7-20-32-25-12-5-4-11-24(25)31-27(32)16-19-30-28(33)23-14-17-29-18-15-23/h2-6,10-15,17-18H,1,7-9,16,19-21H2,(H,30,33). The van der Waals surface area contributed by atoms with Crippen LogP contribution in [0.15, 0.2) is 85.7 Å². The van der Waals surface area contributed by atoms with E-state index in [1.165, 1.54) is 0 Å². The number of hydrogen-bond acceptors (Lipinski definition) is 4. The lowest BCUT2D eigenvalue weighted by atomic mass is 10.1. The molecule has 0 saturated carbocycles. The lowest BCUT2D eigenvalue weighted by molar-refractivity contribution is 0.0954. The highest BCUT2D eigenvalue weighted by Crippen LogP contribution is 2.20.